The average molecular weight is 285 g/mol. The van der Waals surface area contributed by atoms with Crippen LogP contribution in [-0.2, 0) is 14.3 Å². The lowest BCUT2D eigenvalue weighted by molar-refractivity contribution is -0.384. The molecule has 2 aromatic carbocycles. The van der Waals surface area contributed by atoms with Crippen LogP contribution in [0.5, 0.6) is 0 Å². The van der Waals surface area contributed by atoms with Gasteiger partial charge in [0.05, 0.1) is 4.92 Å². The molecule has 1 aliphatic rings. The molecule has 1 heterocycles. The number of cyclic esters (lactones) is 1. The van der Waals surface area contributed by atoms with Crippen molar-refractivity contribution in [1.29, 1.82) is 0 Å². The lowest BCUT2D eigenvalue weighted by Crippen LogP contribution is -2.06. The summed E-state index contributed by atoms with van der Waals surface area (Å²) < 4.78 is 10.8. The molecule has 0 unspecified atom stereocenters. The summed E-state index contributed by atoms with van der Waals surface area (Å²) in [5, 5.41) is 10.6. The van der Waals surface area contributed by atoms with E-state index in [9.17, 15) is 14.9 Å². The number of hydrogen-bond donors (Lipinski definition) is 0. The van der Waals surface area contributed by atoms with Crippen LogP contribution in [0.4, 0.5) is 5.69 Å². The Morgan fingerprint density at radius 2 is 1.62 bits per heavy atom. The van der Waals surface area contributed by atoms with Crippen LogP contribution in [0.3, 0.4) is 0 Å². The van der Waals surface area contributed by atoms with Gasteiger partial charge in [-0.2, -0.15) is 0 Å². The third-order valence-corrected chi connectivity index (χ3v) is 3.18. The molecule has 1 saturated heterocycles. The molecule has 0 saturated carbocycles. The monoisotopic (exact) mass is 285 g/mol. The largest absolute Gasteiger partial charge is 0.429 e. The van der Waals surface area contributed by atoms with Crippen molar-refractivity contribution in [2.24, 2.45) is 0 Å². The van der Waals surface area contributed by atoms with Crippen molar-refractivity contribution in [3.8, 4) is 0 Å². The zero-order valence-corrected chi connectivity index (χ0v) is 10.8. The van der Waals surface area contributed by atoms with Gasteiger partial charge in [0.25, 0.3) is 5.69 Å². The van der Waals surface area contributed by atoms with Gasteiger partial charge in [-0.3, -0.25) is 10.1 Å². The van der Waals surface area contributed by atoms with E-state index in [-0.39, 0.29) is 5.69 Å². The number of hydrogen-bond acceptors (Lipinski definition) is 5. The molecule has 2 atom stereocenters. The van der Waals surface area contributed by atoms with Crippen LogP contribution in [-0.4, -0.2) is 10.9 Å². The third kappa shape index (κ3) is 2.61. The quantitative estimate of drug-likeness (QED) is 0.492. The van der Waals surface area contributed by atoms with Crippen LogP contribution in [0, 0.1) is 10.1 Å². The Kier molecular flexibility index (Phi) is 3.37. The van der Waals surface area contributed by atoms with Gasteiger partial charge in [0.1, 0.15) is 0 Å². The van der Waals surface area contributed by atoms with Crippen molar-refractivity contribution < 1.29 is 19.2 Å². The maximum absolute atomic E-state index is 11.9. The smallest absolute Gasteiger partial charge is 0.342 e. The molecule has 0 bridgehead atoms. The Hall–Kier alpha value is -2.73. The molecule has 0 radical (unpaired) electrons. The van der Waals surface area contributed by atoms with E-state index >= 15 is 0 Å². The van der Waals surface area contributed by atoms with Crippen LogP contribution in [0.25, 0.3) is 0 Å². The predicted molar refractivity (Wildman–Crippen MR) is 72.2 cm³/mol. The number of nitrogens with zero attached hydrogens (tertiary/aromatic N) is 1. The Morgan fingerprint density at radius 1 is 0.952 bits per heavy atom. The van der Waals surface area contributed by atoms with Crippen molar-refractivity contribution in [2.75, 3.05) is 0 Å². The first kappa shape index (κ1) is 13.3. The SMILES string of the molecule is O=C1O[C@H](c2ccc([N+](=O)[O-])cc2)O[C@@H]1c1ccccc1. The van der Waals surface area contributed by atoms with Gasteiger partial charge in [-0.15, -0.1) is 0 Å². The van der Waals surface area contributed by atoms with Gasteiger partial charge in [0.15, 0.2) is 6.10 Å². The molecule has 0 spiro atoms. The normalized spacial score (nSPS) is 21.0. The Morgan fingerprint density at radius 3 is 2.24 bits per heavy atom. The van der Waals surface area contributed by atoms with E-state index in [1.165, 1.54) is 24.3 Å². The lowest BCUT2D eigenvalue weighted by Gasteiger charge is -2.09. The fourth-order valence-corrected chi connectivity index (χ4v) is 2.12. The molecule has 0 amide bonds. The lowest BCUT2D eigenvalue weighted by atomic mass is 10.1. The van der Waals surface area contributed by atoms with Crippen LogP contribution < -0.4 is 0 Å². The molecule has 6 nitrogen and oxygen atoms in total. The number of non-ortho nitro benzene ring substituents is 1. The number of ether oxygens (including phenoxy) is 2. The highest BCUT2D eigenvalue weighted by atomic mass is 16.8. The molecule has 21 heavy (non-hydrogen) atoms. The average Bonchev–Trinajstić information content (AvgIpc) is 2.90. The van der Waals surface area contributed by atoms with Crippen molar-refractivity contribution >= 4 is 11.7 Å². The minimum atomic E-state index is -0.844. The fourth-order valence-electron chi connectivity index (χ4n) is 2.12. The minimum Gasteiger partial charge on any atom is -0.429 e. The van der Waals surface area contributed by atoms with Gasteiger partial charge in [0, 0.05) is 17.7 Å². The first-order valence-corrected chi connectivity index (χ1v) is 6.30. The summed E-state index contributed by atoms with van der Waals surface area (Å²) in [4.78, 5) is 22.0. The first-order chi connectivity index (χ1) is 10.1. The maximum Gasteiger partial charge on any atom is 0.342 e. The summed E-state index contributed by atoms with van der Waals surface area (Å²) in [5.74, 6) is -0.468. The number of rotatable bonds is 3. The highest BCUT2D eigenvalue weighted by molar-refractivity contribution is 5.78. The topological polar surface area (TPSA) is 78.7 Å². The van der Waals surface area contributed by atoms with E-state index in [2.05, 4.69) is 0 Å². The van der Waals surface area contributed by atoms with Gasteiger partial charge in [0.2, 0.25) is 6.29 Å². The highest BCUT2D eigenvalue weighted by Crippen LogP contribution is 2.36. The Labute approximate surface area is 120 Å². The summed E-state index contributed by atoms with van der Waals surface area (Å²) in [6.45, 7) is 0. The van der Waals surface area contributed by atoms with E-state index in [1.807, 2.05) is 18.2 Å². The zero-order valence-electron chi connectivity index (χ0n) is 10.8. The highest BCUT2D eigenvalue weighted by Gasteiger charge is 2.37. The molecule has 0 aliphatic carbocycles. The second-order valence-electron chi connectivity index (χ2n) is 4.54. The van der Waals surface area contributed by atoms with Crippen LogP contribution in [0.15, 0.2) is 54.6 Å². The summed E-state index contributed by atoms with van der Waals surface area (Å²) in [6, 6.07) is 14.8. The number of nitro benzene ring substituents is 1. The maximum atomic E-state index is 11.9. The molecular weight excluding hydrogens is 274 g/mol. The first-order valence-electron chi connectivity index (χ1n) is 6.30. The van der Waals surface area contributed by atoms with E-state index in [0.29, 0.717) is 11.1 Å². The Balaban J connectivity index is 1.79. The number of benzene rings is 2. The van der Waals surface area contributed by atoms with Gasteiger partial charge >= 0.3 is 5.97 Å². The van der Waals surface area contributed by atoms with Gasteiger partial charge in [-0.25, -0.2) is 4.79 Å². The van der Waals surface area contributed by atoms with Crippen molar-refractivity contribution in [1.82, 2.24) is 0 Å². The minimum absolute atomic E-state index is 0.0253. The third-order valence-electron chi connectivity index (χ3n) is 3.18. The summed E-state index contributed by atoms with van der Waals surface area (Å²) in [7, 11) is 0. The molecule has 1 fully saturated rings. The van der Waals surface area contributed by atoms with E-state index < -0.39 is 23.3 Å². The molecular formula is C15H11NO5. The van der Waals surface area contributed by atoms with Crippen LogP contribution in [0.2, 0.25) is 0 Å². The second kappa shape index (κ2) is 5.34. The summed E-state index contributed by atoms with van der Waals surface area (Å²) in [5.41, 5.74) is 1.25. The van der Waals surface area contributed by atoms with Gasteiger partial charge in [-0.1, -0.05) is 30.3 Å². The molecule has 0 N–H and O–H groups in total. The summed E-state index contributed by atoms with van der Waals surface area (Å²) in [6.07, 6.45) is -1.62. The number of nitro groups is 1. The van der Waals surface area contributed by atoms with Crippen molar-refractivity contribution in [3.63, 3.8) is 0 Å². The molecule has 2 aromatic rings. The predicted octanol–water partition coefficient (Wildman–Crippen LogP) is 2.91. The van der Waals surface area contributed by atoms with E-state index in [4.69, 9.17) is 9.47 Å². The number of esters is 1. The number of carbonyl (C=O) groups is 1. The number of carbonyl (C=O) groups excluding carboxylic acids is 1. The second-order valence-corrected chi connectivity index (χ2v) is 4.54. The standard InChI is InChI=1S/C15H11NO5/c17-14-13(10-4-2-1-3-5-10)20-15(21-14)11-6-8-12(9-7-11)16(18)19/h1-9,13,15H/t13-,15-/m1/s1. The molecule has 6 heteroatoms. The van der Waals surface area contributed by atoms with E-state index in [0.717, 1.165) is 0 Å². The molecule has 3 rings (SSSR count). The molecule has 1 aliphatic heterocycles. The molecule has 0 aromatic heterocycles. The van der Waals surface area contributed by atoms with Gasteiger partial charge in [-0.05, 0) is 17.7 Å². The van der Waals surface area contributed by atoms with E-state index in [1.54, 1.807) is 12.1 Å². The van der Waals surface area contributed by atoms with Gasteiger partial charge < -0.3 is 9.47 Å². The summed E-state index contributed by atoms with van der Waals surface area (Å²) >= 11 is 0. The van der Waals surface area contributed by atoms with Crippen LogP contribution in [0.1, 0.15) is 23.5 Å². The van der Waals surface area contributed by atoms with Crippen molar-refractivity contribution in [3.05, 3.63) is 75.8 Å². The Bertz CT molecular complexity index is 668. The molecule has 106 valence electrons. The van der Waals surface area contributed by atoms with Crippen LogP contribution >= 0.6 is 0 Å². The van der Waals surface area contributed by atoms with Crippen molar-refractivity contribution in [2.45, 2.75) is 12.4 Å². The fraction of sp³-hybridized carbons (Fsp3) is 0.133. The zero-order chi connectivity index (χ0) is 14.8.